The second kappa shape index (κ2) is 8.21. The average molecular weight is 255 g/mol. The lowest BCUT2D eigenvalue weighted by Gasteiger charge is -2.10. The Kier molecular flexibility index (Phi) is 6.90. The van der Waals surface area contributed by atoms with E-state index in [1.807, 2.05) is 6.92 Å². The molecule has 0 fully saturated rings. The molecule has 18 heavy (non-hydrogen) atoms. The Balaban J connectivity index is 2.51. The topological polar surface area (TPSA) is 60.2 Å². The fraction of sp³-hybridized carbons (Fsp3) is 0.846. The van der Waals surface area contributed by atoms with Gasteiger partial charge in [-0.15, -0.1) is 0 Å². The molecule has 0 aliphatic carbocycles. The third-order valence-corrected chi connectivity index (χ3v) is 2.73. The monoisotopic (exact) mass is 255 g/mol. The second-order valence-corrected chi connectivity index (χ2v) is 4.46. The first-order chi connectivity index (χ1) is 8.71. The highest BCUT2D eigenvalue weighted by atomic mass is 16.5. The third kappa shape index (κ3) is 4.74. The fourth-order valence-corrected chi connectivity index (χ4v) is 1.78. The van der Waals surface area contributed by atoms with E-state index in [9.17, 15) is 0 Å². The number of nitrogens with zero attached hydrogens (tertiary/aromatic N) is 2. The molecule has 5 heteroatoms. The molecule has 1 N–H and O–H groups in total. The van der Waals surface area contributed by atoms with Gasteiger partial charge in [0.2, 0.25) is 11.7 Å². The molecule has 1 rings (SSSR count). The van der Waals surface area contributed by atoms with E-state index in [0.29, 0.717) is 24.4 Å². The molecule has 0 bridgehead atoms. The van der Waals surface area contributed by atoms with Crippen molar-refractivity contribution in [2.75, 3.05) is 13.2 Å². The zero-order valence-electron chi connectivity index (χ0n) is 11.9. The van der Waals surface area contributed by atoms with Gasteiger partial charge in [-0.25, -0.2) is 0 Å². The molecular weight excluding hydrogens is 230 g/mol. The van der Waals surface area contributed by atoms with Crippen LogP contribution < -0.4 is 5.32 Å². The number of ether oxygens (including phenoxy) is 1. The summed E-state index contributed by atoms with van der Waals surface area (Å²) in [5.41, 5.74) is 0. The van der Waals surface area contributed by atoms with Gasteiger partial charge in [0, 0.05) is 19.1 Å². The van der Waals surface area contributed by atoms with Gasteiger partial charge in [-0.3, -0.25) is 0 Å². The SMILES string of the molecule is CCCNC(C)Cc1nc(C(CC)OCC)no1. The van der Waals surface area contributed by atoms with Crippen LogP contribution >= 0.6 is 0 Å². The van der Waals surface area contributed by atoms with E-state index in [-0.39, 0.29) is 6.10 Å². The van der Waals surface area contributed by atoms with Crippen LogP contribution in [0.15, 0.2) is 4.52 Å². The number of hydrogen-bond donors (Lipinski definition) is 1. The van der Waals surface area contributed by atoms with Crippen molar-refractivity contribution in [3.8, 4) is 0 Å². The standard InChI is InChI=1S/C13H25N3O2/c1-5-8-14-10(4)9-12-15-13(16-18-12)11(6-2)17-7-3/h10-11,14H,5-9H2,1-4H3. The maximum atomic E-state index is 5.56. The van der Waals surface area contributed by atoms with Crippen molar-refractivity contribution in [1.82, 2.24) is 15.5 Å². The van der Waals surface area contributed by atoms with Crippen LogP contribution in [0.25, 0.3) is 0 Å². The van der Waals surface area contributed by atoms with Crippen molar-refractivity contribution in [3.63, 3.8) is 0 Å². The third-order valence-electron chi connectivity index (χ3n) is 2.73. The Bertz CT molecular complexity index is 328. The molecule has 1 heterocycles. The summed E-state index contributed by atoms with van der Waals surface area (Å²) in [6, 6.07) is 0.352. The molecule has 0 aliphatic rings. The Labute approximate surface area is 109 Å². The van der Waals surface area contributed by atoms with Crippen LogP contribution in [0.5, 0.6) is 0 Å². The average Bonchev–Trinajstić information content (AvgIpc) is 2.81. The van der Waals surface area contributed by atoms with Gasteiger partial charge in [-0.2, -0.15) is 4.98 Å². The molecule has 0 amide bonds. The van der Waals surface area contributed by atoms with Gasteiger partial charge in [0.1, 0.15) is 6.10 Å². The first-order valence-corrected chi connectivity index (χ1v) is 6.88. The van der Waals surface area contributed by atoms with Gasteiger partial charge in [-0.1, -0.05) is 19.0 Å². The molecule has 0 saturated carbocycles. The van der Waals surface area contributed by atoms with Gasteiger partial charge in [0.15, 0.2) is 0 Å². The van der Waals surface area contributed by atoms with Crippen LogP contribution in [-0.2, 0) is 11.2 Å². The summed E-state index contributed by atoms with van der Waals surface area (Å²) in [4.78, 5) is 4.41. The predicted molar refractivity (Wildman–Crippen MR) is 70.4 cm³/mol. The molecule has 1 aromatic heterocycles. The zero-order chi connectivity index (χ0) is 13.4. The van der Waals surface area contributed by atoms with Crippen LogP contribution in [0, 0.1) is 0 Å². The number of hydrogen-bond acceptors (Lipinski definition) is 5. The molecule has 0 radical (unpaired) electrons. The van der Waals surface area contributed by atoms with Crippen LogP contribution in [0.4, 0.5) is 0 Å². The summed E-state index contributed by atoms with van der Waals surface area (Å²) in [7, 11) is 0. The maximum Gasteiger partial charge on any atom is 0.228 e. The van der Waals surface area contributed by atoms with E-state index in [2.05, 4.69) is 36.2 Å². The smallest absolute Gasteiger partial charge is 0.228 e. The van der Waals surface area contributed by atoms with E-state index in [4.69, 9.17) is 9.26 Å². The van der Waals surface area contributed by atoms with E-state index < -0.39 is 0 Å². The molecule has 0 aliphatic heterocycles. The molecule has 0 spiro atoms. The first-order valence-electron chi connectivity index (χ1n) is 6.88. The summed E-state index contributed by atoms with van der Waals surface area (Å²) in [6.45, 7) is 9.98. The zero-order valence-corrected chi connectivity index (χ0v) is 11.9. The normalized spacial score (nSPS) is 14.7. The van der Waals surface area contributed by atoms with E-state index >= 15 is 0 Å². The minimum atomic E-state index is -0.0496. The maximum absolute atomic E-state index is 5.56. The van der Waals surface area contributed by atoms with Gasteiger partial charge in [0.25, 0.3) is 0 Å². The lowest BCUT2D eigenvalue weighted by atomic mass is 10.2. The summed E-state index contributed by atoms with van der Waals surface area (Å²) in [5.74, 6) is 1.34. The molecular formula is C13H25N3O2. The molecule has 0 aromatic carbocycles. The number of aromatic nitrogens is 2. The summed E-state index contributed by atoms with van der Waals surface area (Å²) >= 11 is 0. The molecule has 0 saturated heterocycles. The van der Waals surface area contributed by atoms with Gasteiger partial charge >= 0.3 is 0 Å². The molecule has 5 nitrogen and oxygen atoms in total. The quantitative estimate of drug-likeness (QED) is 0.734. The Morgan fingerprint density at radius 2 is 2.11 bits per heavy atom. The summed E-state index contributed by atoms with van der Waals surface area (Å²) in [6.07, 6.45) is 2.69. The highest BCUT2D eigenvalue weighted by Crippen LogP contribution is 2.17. The van der Waals surface area contributed by atoms with Crippen molar-refractivity contribution < 1.29 is 9.26 Å². The Morgan fingerprint density at radius 3 is 2.72 bits per heavy atom. The predicted octanol–water partition coefficient (Wildman–Crippen LogP) is 2.49. The van der Waals surface area contributed by atoms with E-state index in [0.717, 1.165) is 25.8 Å². The molecule has 2 atom stereocenters. The van der Waals surface area contributed by atoms with Crippen LogP contribution in [0.3, 0.4) is 0 Å². The minimum absolute atomic E-state index is 0.0496. The highest BCUT2D eigenvalue weighted by molar-refractivity contribution is 4.92. The van der Waals surface area contributed by atoms with Crippen LogP contribution in [-0.4, -0.2) is 29.3 Å². The Morgan fingerprint density at radius 1 is 1.33 bits per heavy atom. The largest absolute Gasteiger partial charge is 0.370 e. The van der Waals surface area contributed by atoms with Crippen molar-refractivity contribution in [3.05, 3.63) is 11.7 Å². The fourth-order valence-electron chi connectivity index (χ4n) is 1.78. The van der Waals surface area contributed by atoms with Crippen LogP contribution in [0.2, 0.25) is 0 Å². The van der Waals surface area contributed by atoms with Gasteiger partial charge < -0.3 is 14.6 Å². The lowest BCUT2D eigenvalue weighted by Crippen LogP contribution is -2.28. The number of nitrogens with one attached hydrogen (secondary N) is 1. The highest BCUT2D eigenvalue weighted by Gasteiger charge is 2.17. The summed E-state index contributed by atoms with van der Waals surface area (Å²) in [5, 5.41) is 7.40. The Hall–Kier alpha value is -0.940. The van der Waals surface area contributed by atoms with Crippen molar-refractivity contribution in [2.45, 2.75) is 59.1 Å². The van der Waals surface area contributed by atoms with Crippen LogP contribution in [0.1, 0.15) is 58.4 Å². The first kappa shape index (κ1) is 15.1. The van der Waals surface area contributed by atoms with Crippen molar-refractivity contribution in [1.29, 1.82) is 0 Å². The molecule has 104 valence electrons. The second-order valence-electron chi connectivity index (χ2n) is 4.46. The number of rotatable bonds is 9. The van der Waals surface area contributed by atoms with E-state index in [1.54, 1.807) is 0 Å². The van der Waals surface area contributed by atoms with E-state index in [1.165, 1.54) is 0 Å². The lowest BCUT2D eigenvalue weighted by molar-refractivity contribution is 0.0518. The minimum Gasteiger partial charge on any atom is -0.370 e. The van der Waals surface area contributed by atoms with Gasteiger partial charge in [-0.05, 0) is 33.2 Å². The van der Waals surface area contributed by atoms with Crippen molar-refractivity contribution in [2.24, 2.45) is 0 Å². The summed E-state index contributed by atoms with van der Waals surface area (Å²) < 4.78 is 10.8. The van der Waals surface area contributed by atoms with Gasteiger partial charge in [0.05, 0.1) is 0 Å². The molecule has 2 unspecified atom stereocenters. The molecule has 1 aromatic rings. The van der Waals surface area contributed by atoms with Crippen molar-refractivity contribution >= 4 is 0 Å².